The van der Waals surface area contributed by atoms with Crippen LogP contribution in [0.5, 0.6) is 0 Å². The Balaban J connectivity index is 0.000000157. The zero-order chi connectivity index (χ0) is 25.8. The van der Waals surface area contributed by atoms with Crippen molar-refractivity contribution in [1.29, 1.82) is 0 Å². The highest BCUT2D eigenvalue weighted by Crippen LogP contribution is 2.40. The van der Waals surface area contributed by atoms with Crippen LogP contribution in [0, 0.1) is 5.95 Å². The van der Waals surface area contributed by atoms with Crippen LogP contribution < -0.4 is 10.6 Å². The smallest absolute Gasteiger partial charge is 0.216 e. The van der Waals surface area contributed by atoms with Crippen LogP contribution in [0.25, 0.3) is 0 Å². The first-order chi connectivity index (χ1) is 17.5. The minimum Gasteiger partial charge on any atom is -0.383 e. The van der Waals surface area contributed by atoms with Crippen LogP contribution in [0.2, 0.25) is 0 Å². The van der Waals surface area contributed by atoms with E-state index in [9.17, 15) is 4.39 Å². The molecule has 2 aliphatic heterocycles. The van der Waals surface area contributed by atoms with E-state index in [1.54, 1.807) is 6.07 Å². The number of benzene rings is 1. The number of rotatable bonds is 7. The molecule has 190 valence electrons. The summed E-state index contributed by atoms with van der Waals surface area (Å²) >= 11 is 0. The van der Waals surface area contributed by atoms with Crippen molar-refractivity contribution in [1.82, 2.24) is 20.5 Å². The van der Waals surface area contributed by atoms with Crippen molar-refractivity contribution in [2.75, 3.05) is 13.6 Å². The fraction of sp³-hybridized carbons (Fsp3) is 0.323. The number of hydrogen-bond acceptors (Lipinski definition) is 4. The highest BCUT2D eigenvalue weighted by molar-refractivity contribution is 5.36. The lowest BCUT2D eigenvalue weighted by atomic mass is 10.1. The first kappa shape index (κ1) is 27.2. The van der Waals surface area contributed by atoms with Crippen molar-refractivity contribution in [3.05, 3.63) is 127 Å². The van der Waals surface area contributed by atoms with E-state index in [4.69, 9.17) is 0 Å². The zero-order valence-electron chi connectivity index (χ0n) is 21.4. The number of likely N-dealkylation sites (tertiary alicyclic amines) is 1. The minimum atomic E-state index is -0.287. The molecule has 2 aromatic rings. The number of pyridine rings is 1. The molecule has 4 nitrogen and oxygen atoms in total. The average molecular weight is 487 g/mol. The van der Waals surface area contributed by atoms with E-state index in [0.29, 0.717) is 12.0 Å². The van der Waals surface area contributed by atoms with Gasteiger partial charge in [0.2, 0.25) is 5.95 Å². The SMILES string of the molecule is C=C(NCc1ccccc1)C1CCCN1C.C=CCC1=CC=CNC1=C.Fc1ncccc1C1CC1. The van der Waals surface area contributed by atoms with E-state index in [0.717, 1.165) is 42.8 Å². The van der Waals surface area contributed by atoms with Crippen LogP contribution in [0.3, 0.4) is 0 Å². The fourth-order valence-corrected chi connectivity index (χ4v) is 4.23. The monoisotopic (exact) mass is 486 g/mol. The van der Waals surface area contributed by atoms with Crippen LogP contribution in [0.4, 0.5) is 4.39 Å². The van der Waals surface area contributed by atoms with Gasteiger partial charge < -0.3 is 10.6 Å². The Hall–Kier alpha value is -3.44. The number of allylic oxidation sites excluding steroid dienone is 4. The maximum atomic E-state index is 12.8. The standard InChI is InChI=1S/C14H20N2.C9H11N.C8H8FN/c1-12(14-9-6-10-16(14)2)15-11-13-7-4-3-5-8-13;1-3-5-9-6-4-7-10-8(9)2;9-8-7(6-3-4-6)2-1-5-10-8/h3-5,7-8,14-15H,1,6,9-11H2,2H3;3-4,6-7,10H,1-2,5H2;1-2,5-6H,3-4H2. The van der Waals surface area contributed by atoms with Gasteiger partial charge >= 0.3 is 0 Å². The summed E-state index contributed by atoms with van der Waals surface area (Å²) in [6.07, 6.45) is 14.9. The van der Waals surface area contributed by atoms with Crippen LogP contribution in [0.1, 0.15) is 49.1 Å². The van der Waals surface area contributed by atoms with Crippen LogP contribution in [-0.4, -0.2) is 29.5 Å². The normalized spacial score (nSPS) is 18.6. The molecule has 0 bridgehead atoms. The first-order valence-corrected chi connectivity index (χ1v) is 12.7. The molecule has 1 unspecified atom stereocenters. The number of halogens is 1. The molecule has 3 heterocycles. The van der Waals surface area contributed by atoms with E-state index < -0.39 is 0 Å². The fourth-order valence-electron chi connectivity index (χ4n) is 4.23. The molecule has 1 atom stereocenters. The van der Waals surface area contributed by atoms with E-state index in [1.807, 2.05) is 36.6 Å². The van der Waals surface area contributed by atoms with Gasteiger partial charge in [0, 0.05) is 41.9 Å². The van der Waals surface area contributed by atoms with Crippen molar-refractivity contribution in [2.45, 2.75) is 50.6 Å². The summed E-state index contributed by atoms with van der Waals surface area (Å²) in [4.78, 5) is 5.95. The van der Waals surface area contributed by atoms with Crippen LogP contribution in [-0.2, 0) is 6.54 Å². The van der Waals surface area contributed by atoms with Gasteiger partial charge in [0.05, 0.1) is 0 Å². The van der Waals surface area contributed by atoms with Crippen LogP contribution >= 0.6 is 0 Å². The molecule has 1 aromatic heterocycles. The maximum Gasteiger partial charge on any atom is 0.216 e. The summed E-state index contributed by atoms with van der Waals surface area (Å²) in [5, 5.41) is 6.46. The van der Waals surface area contributed by atoms with Gasteiger partial charge in [0.1, 0.15) is 0 Å². The van der Waals surface area contributed by atoms with E-state index in [1.165, 1.54) is 36.7 Å². The molecule has 36 heavy (non-hydrogen) atoms. The molecule has 2 fully saturated rings. The number of nitrogens with zero attached hydrogens (tertiary/aromatic N) is 2. The number of likely N-dealkylation sites (N-methyl/N-ethyl adjacent to an activating group) is 1. The van der Waals surface area contributed by atoms with E-state index >= 15 is 0 Å². The molecule has 5 rings (SSSR count). The molecule has 1 saturated heterocycles. The number of nitrogens with one attached hydrogen (secondary N) is 2. The summed E-state index contributed by atoms with van der Waals surface area (Å²) < 4.78 is 12.8. The van der Waals surface area contributed by atoms with Gasteiger partial charge in [-0.15, -0.1) is 6.58 Å². The second kappa shape index (κ2) is 14.2. The van der Waals surface area contributed by atoms with Gasteiger partial charge in [-0.25, -0.2) is 4.98 Å². The minimum absolute atomic E-state index is 0.287. The number of aromatic nitrogens is 1. The third-order valence-electron chi connectivity index (χ3n) is 6.49. The maximum absolute atomic E-state index is 12.8. The number of hydrogen-bond donors (Lipinski definition) is 2. The quantitative estimate of drug-likeness (QED) is 0.342. The second-order valence-electron chi connectivity index (χ2n) is 9.33. The van der Waals surface area contributed by atoms with E-state index in [2.05, 4.69) is 71.6 Å². The van der Waals surface area contributed by atoms with Crippen molar-refractivity contribution in [3.8, 4) is 0 Å². The number of dihydropyridines is 1. The van der Waals surface area contributed by atoms with Crippen LogP contribution in [0.15, 0.2) is 110 Å². The van der Waals surface area contributed by atoms with Gasteiger partial charge in [0.15, 0.2) is 0 Å². The Morgan fingerprint density at radius 3 is 2.58 bits per heavy atom. The van der Waals surface area contributed by atoms with Gasteiger partial charge in [-0.3, -0.25) is 4.90 Å². The Morgan fingerprint density at radius 1 is 1.19 bits per heavy atom. The summed E-state index contributed by atoms with van der Waals surface area (Å²) in [7, 11) is 2.17. The third-order valence-corrected chi connectivity index (χ3v) is 6.49. The largest absolute Gasteiger partial charge is 0.383 e. The topological polar surface area (TPSA) is 40.2 Å². The lowest BCUT2D eigenvalue weighted by Gasteiger charge is -2.22. The Morgan fingerprint density at radius 2 is 1.97 bits per heavy atom. The third kappa shape index (κ3) is 8.65. The summed E-state index contributed by atoms with van der Waals surface area (Å²) in [6.45, 7) is 13.7. The second-order valence-corrected chi connectivity index (χ2v) is 9.33. The molecular formula is C31H39FN4. The Bertz CT molecular complexity index is 1070. The van der Waals surface area contributed by atoms with Crippen molar-refractivity contribution >= 4 is 0 Å². The molecular weight excluding hydrogens is 447 g/mol. The lowest BCUT2D eigenvalue weighted by molar-refractivity contribution is 0.334. The predicted molar refractivity (Wildman–Crippen MR) is 149 cm³/mol. The zero-order valence-corrected chi connectivity index (χ0v) is 21.4. The predicted octanol–water partition coefficient (Wildman–Crippen LogP) is 6.60. The molecule has 3 aliphatic rings. The molecule has 5 heteroatoms. The average Bonchev–Trinajstić information content (AvgIpc) is 3.65. The van der Waals surface area contributed by atoms with Gasteiger partial charge in [0.25, 0.3) is 0 Å². The van der Waals surface area contributed by atoms with E-state index in [-0.39, 0.29) is 5.95 Å². The molecule has 1 aromatic carbocycles. The van der Waals surface area contributed by atoms with Gasteiger partial charge in [-0.1, -0.05) is 61.7 Å². The van der Waals surface area contributed by atoms with Crippen molar-refractivity contribution in [2.24, 2.45) is 0 Å². The first-order valence-electron chi connectivity index (χ1n) is 12.7. The van der Waals surface area contributed by atoms with Gasteiger partial charge in [-0.05, 0) is 74.9 Å². The highest BCUT2D eigenvalue weighted by atomic mass is 19.1. The molecule has 0 spiro atoms. The highest BCUT2D eigenvalue weighted by Gasteiger charge is 2.26. The molecule has 1 aliphatic carbocycles. The summed E-state index contributed by atoms with van der Waals surface area (Å²) in [5.41, 5.74) is 5.44. The van der Waals surface area contributed by atoms with Gasteiger partial charge in [-0.2, -0.15) is 4.39 Å². The Kier molecular flexibility index (Phi) is 10.7. The molecule has 2 N–H and O–H groups in total. The molecule has 0 amide bonds. The Labute approximate surface area is 216 Å². The summed E-state index contributed by atoms with van der Waals surface area (Å²) in [6, 6.07) is 14.6. The summed E-state index contributed by atoms with van der Waals surface area (Å²) in [5.74, 6) is 0.179. The van der Waals surface area contributed by atoms with Crippen molar-refractivity contribution in [3.63, 3.8) is 0 Å². The lowest BCUT2D eigenvalue weighted by Crippen LogP contribution is -2.32. The molecule has 0 radical (unpaired) electrons. The molecule has 1 saturated carbocycles. The van der Waals surface area contributed by atoms with Crippen molar-refractivity contribution < 1.29 is 4.39 Å².